The highest BCUT2D eigenvalue weighted by Gasteiger charge is 2.09. The van der Waals surface area contributed by atoms with Crippen LogP contribution in [0.2, 0.25) is 0 Å². The summed E-state index contributed by atoms with van der Waals surface area (Å²) in [7, 11) is 0. The average Bonchev–Trinajstić information content (AvgIpc) is 2.24. The van der Waals surface area contributed by atoms with Gasteiger partial charge in [0.15, 0.2) is 0 Å². The molecule has 0 atom stereocenters. The summed E-state index contributed by atoms with van der Waals surface area (Å²) in [5.74, 6) is 2.24. The molecule has 0 bridgehead atoms. The van der Waals surface area contributed by atoms with Crippen LogP contribution in [0.15, 0.2) is 12.1 Å². The fourth-order valence-corrected chi connectivity index (χ4v) is 1.94. The highest BCUT2D eigenvalue weighted by Crippen LogP contribution is 2.17. The van der Waals surface area contributed by atoms with Gasteiger partial charge in [0.1, 0.15) is 5.82 Å². The van der Waals surface area contributed by atoms with Gasteiger partial charge in [-0.05, 0) is 37.5 Å². The highest BCUT2D eigenvalue weighted by molar-refractivity contribution is 6.17. The first kappa shape index (κ1) is 13.3. The molecule has 16 heavy (non-hydrogen) atoms. The van der Waals surface area contributed by atoms with Crippen molar-refractivity contribution in [3.05, 3.63) is 23.4 Å². The molecule has 0 spiro atoms. The van der Waals surface area contributed by atoms with Crippen LogP contribution < -0.4 is 4.90 Å². The molecular formula is C13H21ClN2. The Bertz CT molecular complexity index is 337. The minimum atomic E-state index is 0.551. The molecule has 90 valence electrons. The van der Waals surface area contributed by atoms with Gasteiger partial charge in [0.05, 0.1) is 0 Å². The summed E-state index contributed by atoms with van der Waals surface area (Å²) < 4.78 is 0. The number of anilines is 1. The Balaban J connectivity index is 2.95. The van der Waals surface area contributed by atoms with E-state index in [1.807, 2.05) is 13.0 Å². The molecule has 0 aliphatic heterocycles. The maximum absolute atomic E-state index is 5.88. The monoisotopic (exact) mass is 240 g/mol. The van der Waals surface area contributed by atoms with E-state index >= 15 is 0 Å². The van der Waals surface area contributed by atoms with E-state index in [1.54, 1.807) is 0 Å². The number of rotatable bonds is 5. The minimum Gasteiger partial charge on any atom is -0.357 e. The first-order valence-electron chi connectivity index (χ1n) is 5.85. The van der Waals surface area contributed by atoms with E-state index in [1.165, 1.54) is 0 Å². The van der Waals surface area contributed by atoms with Gasteiger partial charge >= 0.3 is 0 Å². The number of halogens is 1. The number of nitrogens with zero attached hydrogens (tertiary/aromatic N) is 2. The Morgan fingerprint density at radius 2 is 2.06 bits per heavy atom. The molecule has 3 heteroatoms. The molecule has 0 aliphatic rings. The molecule has 0 aromatic carbocycles. The Morgan fingerprint density at radius 3 is 2.56 bits per heavy atom. The maximum atomic E-state index is 5.88. The molecule has 1 aromatic heterocycles. The van der Waals surface area contributed by atoms with Crippen LogP contribution in [0.3, 0.4) is 0 Å². The molecule has 0 radical (unpaired) electrons. The van der Waals surface area contributed by atoms with Gasteiger partial charge in [-0.3, -0.25) is 0 Å². The Morgan fingerprint density at radius 1 is 1.38 bits per heavy atom. The maximum Gasteiger partial charge on any atom is 0.129 e. The molecule has 0 N–H and O–H groups in total. The molecule has 0 amide bonds. The van der Waals surface area contributed by atoms with Crippen molar-refractivity contribution in [2.24, 2.45) is 5.92 Å². The quantitative estimate of drug-likeness (QED) is 0.731. The van der Waals surface area contributed by atoms with Crippen molar-refractivity contribution < 1.29 is 0 Å². The first-order valence-corrected chi connectivity index (χ1v) is 6.38. The lowest BCUT2D eigenvalue weighted by Crippen LogP contribution is -2.28. The highest BCUT2D eigenvalue weighted by atomic mass is 35.5. The third-order valence-corrected chi connectivity index (χ3v) is 2.75. The second kappa shape index (κ2) is 6.09. The topological polar surface area (TPSA) is 16.1 Å². The van der Waals surface area contributed by atoms with Crippen LogP contribution in [0.5, 0.6) is 0 Å². The van der Waals surface area contributed by atoms with E-state index < -0.39 is 0 Å². The first-order chi connectivity index (χ1) is 7.56. The predicted molar refractivity (Wildman–Crippen MR) is 71.3 cm³/mol. The SMILES string of the molecule is CCN(CC(C)C)c1cc(CCl)cc(C)n1. The van der Waals surface area contributed by atoms with E-state index in [9.17, 15) is 0 Å². The molecule has 0 saturated carbocycles. The van der Waals surface area contributed by atoms with E-state index in [0.717, 1.165) is 30.2 Å². The van der Waals surface area contributed by atoms with Gasteiger partial charge in [0, 0.05) is 24.7 Å². The molecule has 1 rings (SSSR count). The zero-order valence-electron chi connectivity index (χ0n) is 10.6. The summed E-state index contributed by atoms with van der Waals surface area (Å²) in [4.78, 5) is 6.87. The van der Waals surface area contributed by atoms with Crippen molar-refractivity contribution in [3.63, 3.8) is 0 Å². The normalized spacial score (nSPS) is 10.9. The number of aromatic nitrogens is 1. The summed E-state index contributed by atoms with van der Waals surface area (Å²) in [5, 5.41) is 0. The summed E-state index contributed by atoms with van der Waals surface area (Å²) in [5.41, 5.74) is 2.18. The summed E-state index contributed by atoms with van der Waals surface area (Å²) in [6.07, 6.45) is 0. The van der Waals surface area contributed by atoms with Crippen molar-refractivity contribution in [1.82, 2.24) is 4.98 Å². The van der Waals surface area contributed by atoms with Crippen molar-refractivity contribution in [2.45, 2.75) is 33.6 Å². The standard InChI is InChI=1S/C13H21ClN2/c1-5-16(9-10(2)3)13-7-12(8-14)6-11(4)15-13/h6-7,10H,5,8-9H2,1-4H3. The van der Waals surface area contributed by atoms with Crippen molar-refractivity contribution in [1.29, 1.82) is 0 Å². The van der Waals surface area contributed by atoms with Crippen LogP contribution >= 0.6 is 11.6 Å². The molecule has 2 nitrogen and oxygen atoms in total. The molecule has 0 aliphatic carbocycles. The van der Waals surface area contributed by atoms with Crippen LogP contribution in [0.4, 0.5) is 5.82 Å². The van der Waals surface area contributed by atoms with Crippen LogP contribution in [-0.2, 0) is 5.88 Å². The van der Waals surface area contributed by atoms with Gasteiger partial charge in [0.2, 0.25) is 0 Å². The largest absolute Gasteiger partial charge is 0.357 e. The lowest BCUT2D eigenvalue weighted by molar-refractivity contribution is 0.614. The second-order valence-corrected chi connectivity index (χ2v) is 4.81. The smallest absolute Gasteiger partial charge is 0.129 e. The predicted octanol–water partition coefficient (Wildman–Crippen LogP) is 3.61. The average molecular weight is 241 g/mol. The van der Waals surface area contributed by atoms with Crippen LogP contribution in [0.25, 0.3) is 0 Å². The fraction of sp³-hybridized carbons (Fsp3) is 0.615. The fourth-order valence-electron chi connectivity index (χ4n) is 1.79. The molecular weight excluding hydrogens is 220 g/mol. The van der Waals surface area contributed by atoms with Crippen LogP contribution in [0, 0.1) is 12.8 Å². The zero-order valence-corrected chi connectivity index (χ0v) is 11.4. The number of aryl methyl sites for hydroxylation is 1. The molecule has 0 saturated heterocycles. The van der Waals surface area contributed by atoms with E-state index in [0.29, 0.717) is 11.8 Å². The Labute approximate surface area is 104 Å². The third-order valence-electron chi connectivity index (χ3n) is 2.45. The van der Waals surface area contributed by atoms with Gasteiger partial charge in [-0.2, -0.15) is 0 Å². The van der Waals surface area contributed by atoms with E-state index in [4.69, 9.17) is 11.6 Å². The third kappa shape index (κ3) is 3.67. The van der Waals surface area contributed by atoms with Crippen molar-refractivity contribution in [2.75, 3.05) is 18.0 Å². The van der Waals surface area contributed by atoms with Gasteiger partial charge in [-0.25, -0.2) is 4.98 Å². The summed E-state index contributed by atoms with van der Waals surface area (Å²) in [6, 6.07) is 4.13. The minimum absolute atomic E-state index is 0.551. The van der Waals surface area contributed by atoms with Gasteiger partial charge in [0.25, 0.3) is 0 Å². The number of hydrogen-bond acceptors (Lipinski definition) is 2. The Kier molecular flexibility index (Phi) is 5.07. The molecule has 0 fully saturated rings. The zero-order chi connectivity index (χ0) is 12.1. The van der Waals surface area contributed by atoms with Crippen molar-refractivity contribution in [3.8, 4) is 0 Å². The van der Waals surface area contributed by atoms with E-state index in [2.05, 4.69) is 36.7 Å². The molecule has 0 unspecified atom stereocenters. The molecule has 1 heterocycles. The Hall–Kier alpha value is -0.760. The molecule has 1 aromatic rings. The van der Waals surface area contributed by atoms with E-state index in [-0.39, 0.29) is 0 Å². The summed E-state index contributed by atoms with van der Waals surface area (Å²) in [6.45, 7) is 10.6. The van der Waals surface area contributed by atoms with Crippen molar-refractivity contribution >= 4 is 17.4 Å². The second-order valence-electron chi connectivity index (χ2n) is 4.54. The lowest BCUT2D eigenvalue weighted by Gasteiger charge is -2.24. The number of pyridine rings is 1. The van der Waals surface area contributed by atoms with Gasteiger partial charge < -0.3 is 4.90 Å². The summed E-state index contributed by atoms with van der Waals surface area (Å²) >= 11 is 5.88. The van der Waals surface area contributed by atoms with Crippen LogP contribution in [0.1, 0.15) is 32.0 Å². The number of hydrogen-bond donors (Lipinski definition) is 0. The van der Waals surface area contributed by atoms with Gasteiger partial charge in [-0.1, -0.05) is 13.8 Å². The number of alkyl halides is 1. The lowest BCUT2D eigenvalue weighted by atomic mass is 10.2. The van der Waals surface area contributed by atoms with Gasteiger partial charge in [-0.15, -0.1) is 11.6 Å². The van der Waals surface area contributed by atoms with Crippen LogP contribution in [-0.4, -0.2) is 18.1 Å².